The Morgan fingerprint density at radius 1 is 1.30 bits per heavy atom. The van der Waals surface area contributed by atoms with Crippen molar-refractivity contribution in [1.29, 1.82) is 0 Å². The molecule has 2 aromatic heterocycles. The maximum absolute atomic E-state index is 15.4. The number of aryl methyl sites for hydroxylation is 1. The molecule has 1 saturated heterocycles. The van der Waals surface area contributed by atoms with Crippen LogP contribution in [0.3, 0.4) is 0 Å². The van der Waals surface area contributed by atoms with E-state index in [1.807, 2.05) is 6.92 Å². The molecule has 1 aliphatic heterocycles. The molecule has 0 unspecified atom stereocenters. The molecule has 9 nitrogen and oxygen atoms in total. The monoisotopic (exact) mass is 432 g/mol. The largest absolute Gasteiger partial charge is 0.494 e. The average molecular weight is 433 g/mol. The van der Waals surface area contributed by atoms with Crippen molar-refractivity contribution in [2.45, 2.75) is 25.8 Å². The molecular formula is C19H25FN8OS. The summed E-state index contributed by atoms with van der Waals surface area (Å²) >= 11 is 0. The van der Waals surface area contributed by atoms with Crippen LogP contribution in [0.1, 0.15) is 30.3 Å². The second-order valence-electron chi connectivity index (χ2n) is 6.81. The number of benzene rings is 1. The summed E-state index contributed by atoms with van der Waals surface area (Å²) in [6.45, 7) is 2.79. The SMILES string of the molecule is CNc1cc(C)nc(Nc2ccc(OC)c(-n3cc([C@@H]4CCCN4)nn3)c2F)n1.S. The van der Waals surface area contributed by atoms with Crippen molar-refractivity contribution in [3.05, 3.63) is 41.6 Å². The highest BCUT2D eigenvalue weighted by Gasteiger charge is 2.23. The predicted molar refractivity (Wildman–Crippen MR) is 118 cm³/mol. The van der Waals surface area contributed by atoms with E-state index in [-0.39, 0.29) is 30.9 Å². The van der Waals surface area contributed by atoms with Crippen molar-refractivity contribution in [2.75, 3.05) is 31.3 Å². The summed E-state index contributed by atoms with van der Waals surface area (Å²) in [6, 6.07) is 5.19. The van der Waals surface area contributed by atoms with E-state index in [9.17, 15) is 0 Å². The van der Waals surface area contributed by atoms with Gasteiger partial charge in [-0.05, 0) is 38.4 Å². The zero-order chi connectivity index (χ0) is 20.4. The molecule has 0 amide bonds. The van der Waals surface area contributed by atoms with E-state index >= 15 is 4.39 Å². The molecule has 0 radical (unpaired) electrons. The number of hydrogen-bond acceptors (Lipinski definition) is 8. The van der Waals surface area contributed by atoms with Gasteiger partial charge in [0.25, 0.3) is 0 Å². The minimum Gasteiger partial charge on any atom is -0.494 e. The summed E-state index contributed by atoms with van der Waals surface area (Å²) in [4.78, 5) is 8.63. The summed E-state index contributed by atoms with van der Waals surface area (Å²) in [7, 11) is 3.25. The molecule has 30 heavy (non-hydrogen) atoms. The van der Waals surface area contributed by atoms with Crippen LogP contribution in [-0.4, -0.2) is 45.7 Å². The Hall–Kier alpha value is -2.92. The maximum Gasteiger partial charge on any atom is 0.229 e. The molecule has 0 saturated carbocycles. The average Bonchev–Trinajstić information content (AvgIpc) is 3.40. The van der Waals surface area contributed by atoms with Crippen LogP contribution < -0.4 is 20.7 Å². The number of ether oxygens (including phenoxy) is 1. The standard InChI is InChI=1S/C19H23FN8O.H2S/c1-11-9-16(21-2)25-19(23-11)24-13-6-7-15(29-3)18(17(13)20)28-10-14(26-27-28)12-5-4-8-22-12;/h6-7,9-10,12,22H,4-5,8H2,1-3H3,(H2,21,23,24,25);1H2/t12-;/m0./s1. The third-order valence-electron chi connectivity index (χ3n) is 4.81. The van der Waals surface area contributed by atoms with Gasteiger partial charge in [0.1, 0.15) is 22.9 Å². The van der Waals surface area contributed by atoms with E-state index in [1.54, 1.807) is 31.4 Å². The van der Waals surface area contributed by atoms with Crippen LogP contribution in [0.15, 0.2) is 24.4 Å². The minimum absolute atomic E-state index is 0. The van der Waals surface area contributed by atoms with Gasteiger partial charge in [-0.3, -0.25) is 0 Å². The van der Waals surface area contributed by atoms with E-state index in [0.29, 0.717) is 17.5 Å². The first-order chi connectivity index (χ1) is 14.1. The van der Waals surface area contributed by atoms with Gasteiger partial charge in [-0.15, -0.1) is 5.10 Å². The fourth-order valence-corrected chi connectivity index (χ4v) is 3.38. The Bertz CT molecular complexity index is 1020. The summed E-state index contributed by atoms with van der Waals surface area (Å²) in [5.41, 5.74) is 1.93. The molecule has 0 spiro atoms. The van der Waals surface area contributed by atoms with Gasteiger partial charge in [-0.1, -0.05) is 5.21 Å². The lowest BCUT2D eigenvalue weighted by Gasteiger charge is -2.14. The highest BCUT2D eigenvalue weighted by atomic mass is 32.1. The lowest BCUT2D eigenvalue weighted by atomic mass is 10.2. The number of anilines is 3. The molecule has 1 atom stereocenters. The number of methoxy groups -OCH3 is 1. The van der Waals surface area contributed by atoms with E-state index in [4.69, 9.17) is 4.74 Å². The lowest BCUT2D eigenvalue weighted by molar-refractivity contribution is 0.407. The minimum atomic E-state index is -0.531. The van der Waals surface area contributed by atoms with Crippen LogP contribution in [0.5, 0.6) is 5.75 Å². The zero-order valence-electron chi connectivity index (χ0n) is 17.0. The summed E-state index contributed by atoms with van der Waals surface area (Å²) < 4.78 is 22.2. The molecule has 1 aliphatic rings. The molecule has 3 aromatic rings. The Morgan fingerprint density at radius 2 is 2.13 bits per heavy atom. The molecular weight excluding hydrogens is 407 g/mol. The normalized spacial score (nSPS) is 15.5. The van der Waals surface area contributed by atoms with E-state index in [2.05, 4.69) is 36.2 Å². The molecule has 0 bridgehead atoms. The second-order valence-corrected chi connectivity index (χ2v) is 6.81. The first kappa shape index (κ1) is 21.8. The van der Waals surface area contributed by atoms with Crippen LogP contribution in [0.2, 0.25) is 0 Å². The first-order valence-electron chi connectivity index (χ1n) is 9.42. The molecule has 3 heterocycles. The van der Waals surface area contributed by atoms with Gasteiger partial charge in [-0.2, -0.15) is 18.5 Å². The van der Waals surface area contributed by atoms with Gasteiger partial charge in [0.05, 0.1) is 25.0 Å². The molecule has 1 aromatic carbocycles. The van der Waals surface area contributed by atoms with Crippen LogP contribution in [-0.2, 0) is 0 Å². The first-order valence-corrected chi connectivity index (χ1v) is 9.42. The predicted octanol–water partition coefficient (Wildman–Crippen LogP) is 2.84. The van der Waals surface area contributed by atoms with E-state index < -0.39 is 5.82 Å². The molecule has 11 heteroatoms. The Balaban J connectivity index is 0.00000256. The fraction of sp³-hybridized carbons (Fsp3) is 0.368. The van der Waals surface area contributed by atoms with Crippen molar-refractivity contribution in [1.82, 2.24) is 30.3 Å². The smallest absolute Gasteiger partial charge is 0.229 e. The van der Waals surface area contributed by atoms with Gasteiger partial charge in [-0.25, -0.2) is 14.1 Å². The van der Waals surface area contributed by atoms with Crippen molar-refractivity contribution in [3.63, 3.8) is 0 Å². The summed E-state index contributed by atoms with van der Waals surface area (Å²) in [5, 5.41) is 17.6. The number of rotatable bonds is 6. The quantitative estimate of drug-likeness (QED) is 0.547. The molecule has 3 N–H and O–H groups in total. The Morgan fingerprint density at radius 3 is 2.83 bits per heavy atom. The molecule has 0 aliphatic carbocycles. The number of nitrogens with one attached hydrogen (secondary N) is 3. The summed E-state index contributed by atoms with van der Waals surface area (Å²) in [6.07, 6.45) is 3.80. The van der Waals surface area contributed by atoms with Crippen LogP contribution in [0, 0.1) is 12.7 Å². The third kappa shape index (κ3) is 4.31. The third-order valence-corrected chi connectivity index (χ3v) is 4.81. The topological polar surface area (TPSA) is 102 Å². The zero-order valence-corrected chi connectivity index (χ0v) is 18.0. The van der Waals surface area contributed by atoms with Gasteiger partial charge < -0.3 is 20.7 Å². The summed E-state index contributed by atoms with van der Waals surface area (Å²) in [5.74, 6) is 0.749. The lowest BCUT2D eigenvalue weighted by Crippen LogP contribution is -2.13. The van der Waals surface area contributed by atoms with Gasteiger partial charge >= 0.3 is 0 Å². The second kappa shape index (κ2) is 9.26. The number of aromatic nitrogens is 5. The number of hydrogen-bond donors (Lipinski definition) is 3. The van der Waals surface area contributed by atoms with Crippen molar-refractivity contribution < 1.29 is 9.13 Å². The number of halogens is 1. The number of nitrogens with zero attached hydrogens (tertiary/aromatic N) is 5. The Labute approximate surface area is 180 Å². The van der Waals surface area contributed by atoms with Gasteiger partial charge in [0.2, 0.25) is 5.95 Å². The fourth-order valence-electron chi connectivity index (χ4n) is 3.38. The van der Waals surface area contributed by atoms with Crippen molar-refractivity contribution in [2.24, 2.45) is 0 Å². The van der Waals surface area contributed by atoms with E-state index in [1.165, 1.54) is 11.8 Å². The van der Waals surface area contributed by atoms with Crippen LogP contribution in [0.25, 0.3) is 5.69 Å². The molecule has 1 fully saturated rings. The van der Waals surface area contributed by atoms with Crippen LogP contribution >= 0.6 is 13.5 Å². The highest BCUT2D eigenvalue weighted by Crippen LogP contribution is 2.32. The maximum atomic E-state index is 15.4. The van der Waals surface area contributed by atoms with Crippen molar-refractivity contribution >= 4 is 30.9 Å². The van der Waals surface area contributed by atoms with E-state index in [0.717, 1.165) is 30.8 Å². The molecule has 4 rings (SSSR count). The van der Waals surface area contributed by atoms with Crippen molar-refractivity contribution in [3.8, 4) is 11.4 Å². The van der Waals surface area contributed by atoms with Gasteiger partial charge in [0, 0.05) is 18.8 Å². The highest BCUT2D eigenvalue weighted by molar-refractivity contribution is 7.59. The van der Waals surface area contributed by atoms with Crippen LogP contribution in [0.4, 0.5) is 21.8 Å². The Kier molecular flexibility index (Phi) is 6.73. The van der Waals surface area contributed by atoms with Gasteiger partial charge in [0.15, 0.2) is 5.82 Å². The molecule has 160 valence electrons.